The Labute approximate surface area is 183 Å². The van der Waals surface area contributed by atoms with Crippen LogP contribution in [0.2, 0.25) is 0 Å². The normalized spacial score (nSPS) is 18.4. The summed E-state index contributed by atoms with van der Waals surface area (Å²) in [5, 5.41) is 7.97. The lowest BCUT2D eigenvalue weighted by molar-refractivity contribution is -0.114. The number of alkyl halides is 2. The van der Waals surface area contributed by atoms with Crippen molar-refractivity contribution in [3.05, 3.63) is 35.8 Å². The molecule has 0 saturated heterocycles. The van der Waals surface area contributed by atoms with E-state index < -0.39 is 11.6 Å². The summed E-state index contributed by atoms with van der Waals surface area (Å²) in [5.74, 6) is -2.60. The number of anilines is 1. The van der Waals surface area contributed by atoms with Crippen LogP contribution in [0.4, 0.5) is 14.6 Å². The molecule has 0 radical (unpaired) electrons. The van der Waals surface area contributed by atoms with E-state index >= 15 is 0 Å². The number of methoxy groups -OCH3 is 1. The molecule has 0 aliphatic heterocycles. The summed E-state index contributed by atoms with van der Waals surface area (Å²) < 4.78 is 41.2. The lowest BCUT2D eigenvalue weighted by Gasteiger charge is -2.34. The van der Waals surface area contributed by atoms with Crippen LogP contribution in [0.1, 0.15) is 45.0 Å². The van der Waals surface area contributed by atoms with E-state index in [4.69, 9.17) is 9.47 Å². The van der Waals surface area contributed by atoms with Gasteiger partial charge >= 0.3 is 0 Å². The van der Waals surface area contributed by atoms with Crippen LogP contribution < -0.4 is 10.1 Å². The van der Waals surface area contributed by atoms with Crippen LogP contribution in [-0.4, -0.2) is 45.0 Å². The molecule has 170 valence electrons. The third-order valence-electron chi connectivity index (χ3n) is 5.42. The Bertz CT molecular complexity index is 1150. The molecule has 3 heterocycles. The summed E-state index contributed by atoms with van der Waals surface area (Å²) in [6.07, 6.45) is 3.63. The maximum absolute atomic E-state index is 14.2. The summed E-state index contributed by atoms with van der Waals surface area (Å²) in [6.45, 7) is 4.12. The summed E-state index contributed by atoms with van der Waals surface area (Å²) in [4.78, 5) is 19.9. The first-order valence-electron chi connectivity index (χ1n) is 10.4. The number of halogens is 2. The average molecular weight is 445 g/mol. The predicted octanol–water partition coefficient (Wildman–Crippen LogP) is 4.00. The topological polar surface area (TPSA) is 91.2 Å². The molecule has 1 amide bonds. The van der Waals surface area contributed by atoms with Crippen molar-refractivity contribution in [2.45, 2.75) is 58.2 Å². The highest BCUT2D eigenvalue weighted by Crippen LogP contribution is 2.34. The smallest absolute Gasteiger partial charge is 0.287 e. The number of aromatic nitrogens is 4. The van der Waals surface area contributed by atoms with Crippen molar-refractivity contribution < 1.29 is 23.0 Å². The third-order valence-corrected chi connectivity index (χ3v) is 5.42. The van der Waals surface area contributed by atoms with Gasteiger partial charge in [0.15, 0.2) is 5.82 Å². The number of carbonyl (C=O) groups excluding carboxylic acids is 1. The lowest BCUT2D eigenvalue weighted by Crippen LogP contribution is -2.38. The number of pyridine rings is 2. The quantitative estimate of drug-likeness (QED) is 0.591. The Hall–Kier alpha value is -3.14. The van der Waals surface area contributed by atoms with E-state index in [9.17, 15) is 13.6 Å². The number of nitrogens with zero attached hydrogens (tertiary/aromatic N) is 4. The van der Waals surface area contributed by atoms with Crippen LogP contribution in [0.25, 0.3) is 16.7 Å². The zero-order chi connectivity index (χ0) is 23.0. The van der Waals surface area contributed by atoms with Gasteiger partial charge in [0.1, 0.15) is 23.4 Å². The van der Waals surface area contributed by atoms with Crippen molar-refractivity contribution >= 4 is 22.6 Å². The molecule has 1 N–H and O–H groups in total. The minimum absolute atomic E-state index is 0.107. The maximum atomic E-state index is 14.2. The van der Waals surface area contributed by atoms with Gasteiger partial charge in [-0.15, -0.1) is 0 Å². The molecular weight excluding hydrogens is 420 g/mol. The molecule has 8 nitrogen and oxygen atoms in total. The molecule has 1 saturated carbocycles. The lowest BCUT2D eigenvalue weighted by atomic mass is 9.92. The fraction of sp³-hybridized carbons (Fsp3) is 0.455. The van der Waals surface area contributed by atoms with Crippen molar-refractivity contribution in [1.82, 2.24) is 19.7 Å². The maximum Gasteiger partial charge on any atom is 0.287 e. The predicted molar refractivity (Wildman–Crippen MR) is 114 cm³/mol. The molecular formula is C22H25F2N5O3. The Morgan fingerprint density at radius 2 is 2.03 bits per heavy atom. The molecule has 4 rings (SSSR count). The third kappa shape index (κ3) is 4.40. The van der Waals surface area contributed by atoms with Gasteiger partial charge < -0.3 is 14.8 Å². The van der Waals surface area contributed by atoms with Crippen molar-refractivity contribution in [2.75, 3.05) is 12.4 Å². The molecule has 0 bridgehead atoms. The highest BCUT2D eigenvalue weighted by atomic mass is 19.3. The van der Waals surface area contributed by atoms with Gasteiger partial charge in [-0.1, -0.05) is 6.92 Å². The van der Waals surface area contributed by atoms with Crippen LogP contribution in [0.5, 0.6) is 5.75 Å². The Morgan fingerprint density at radius 1 is 1.28 bits per heavy atom. The van der Waals surface area contributed by atoms with Gasteiger partial charge in [-0.3, -0.25) is 4.79 Å². The van der Waals surface area contributed by atoms with Crippen molar-refractivity contribution in [2.24, 2.45) is 0 Å². The summed E-state index contributed by atoms with van der Waals surface area (Å²) >= 11 is 0. The average Bonchev–Trinajstić information content (AvgIpc) is 3.07. The number of hydrogen-bond donors (Lipinski definition) is 1. The molecule has 1 aliphatic rings. The van der Waals surface area contributed by atoms with Gasteiger partial charge in [-0.05, 0) is 6.42 Å². The fourth-order valence-corrected chi connectivity index (χ4v) is 3.65. The van der Waals surface area contributed by atoms with E-state index in [0.29, 0.717) is 36.3 Å². The standard InChI is InChI=1S/C22H25F2N5O3/c1-5-17-16-11-25-20(26-12(2)30)10-18(16)29(28-17)21-9-15(8-19(27-21)22(3,23)24)32-14-6-13(7-14)31-4/h8-11,13-14H,5-7H2,1-4H3,(H,25,26,30). The van der Waals surface area contributed by atoms with E-state index in [-0.39, 0.29) is 23.9 Å². The van der Waals surface area contributed by atoms with Crippen molar-refractivity contribution in [3.63, 3.8) is 0 Å². The second-order valence-electron chi connectivity index (χ2n) is 7.98. The molecule has 3 aromatic heterocycles. The Balaban J connectivity index is 1.80. The highest BCUT2D eigenvalue weighted by molar-refractivity contribution is 5.91. The van der Waals surface area contributed by atoms with E-state index in [1.165, 1.54) is 17.7 Å². The molecule has 1 aliphatic carbocycles. The Morgan fingerprint density at radius 3 is 2.66 bits per heavy atom. The van der Waals surface area contributed by atoms with E-state index in [2.05, 4.69) is 20.4 Å². The van der Waals surface area contributed by atoms with Crippen LogP contribution >= 0.6 is 0 Å². The summed E-state index contributed by atoms with van der Waals surface area (Å²) in [5.41, 5.74) is 0.922. The largest absolute Gasteiger partial charge is 0.490 e. The molecule has 1 fully saturated rings. The second-order valence-corrected chi connectivity index (χ2v) is 7.98. The monoisotopic (exact) mass is 445 g/mol. The van der Waals surface area contributed by atoms with Gasteiger partial charge in [0, 0.05) is 63.6 Å². The van der Waals surface area contributed by atoms with Gasteiger partial charge in [0.05, 0.1) is 17.3 Å². The zero-order valence-electron chi connectivity index (χ0n) is 18.4. The SMILES string of the molecule is CCc1nn(-c2cc(OC3CC(OC)C3)cc(C(C)(F)F)n2)c2cc(NC(C)=O)ncc12. The first-order valence-corrected chi connectivity index (χ1v) is 10.4. The molecule has 3 aromatic rings. The first kappa shape index (κ1) is 22.1. The van der Waals surface area contributed by atoms with E-state index in [1.54, 1.807) is 25.4 Å². The highest BCUT2D eigenvalue weighted by Gasteiger charge is 2.33. The number of aryl methyl sites for hydroxylation is 1. The number of ether oxygens (including phenoxy) is 2. The number of rotatable bonds is 7. The van der Waals surface area contributed by atoms with Gasteiger partial charge in [-0.2, -0.15) is 13.9 Å². The molecule has 0 unspecified atom stereocenters. The van der Waals surface area contributed by atoms with Crippen LogP contribution in [0, 0.1) is 0 Å². The van der Waals surface area contributed by atoms with Crippen molar-refractivity contribution in [1.29, 1.82) is 0 Å². The van der Waals surface area contributed by atoms with Crippen molar-refractivity contribution in [3.8, 4) is 11.6 Å². The minimum Gasteiger partial charge on any atom is -0.490 e. The molecule has 10 heteroatoms. The Kier molecular flexibility index (Phi) is 5.81. The van der Waals surface area contributed by atoms with Gasteiger partial charge in [0.25, 0.3) is 5.92 Å². The summed E-state index contributed by atoms with van der Waals surface area (Å²) in [6, 6.07) is 4.51. The molecule has 0 aromatic carbocycles. The number of nitrogens with one attached hydrogen (secondary N) is 1. The van der Waals surface area contributed by atoms with Crippen LogP contribution in [-0.2, 0) is 21.9 Å². The molecule has 0 spiro atoms. The minimum atomic E-state index is -3.16. The number of hydrogen-bond acceptors (Lipinski definition) is 6. The molecule has 0 atom stereocenters. The zero-order valence-corrected chi connectivity index (χ0v) is 18.4. The number of fused-ring (bicyclic) bond motifs is 1. The first-order chi connectivity index (χ1) is 15.2. The summed E-state index contributed by atoms with van der Waals surface area (Å²) in [7, 11) is 1.64. The number of carbonyl (C=O) groups is 1. The van der Waals surface area contributed by atoms with E-state index in [0.717, 1.165) is 18.0 Å². The van der Waals surface area contributed by atoms with Gasteiger partial charge in [0.2, 0.25) is 5.91 Å². The molecule has 32 heavy (non-hydrogen) atoms. The fourth-order valence-electron chi connectivity index (χ4n) is 3.65. The second kappa shape index (κ2) is 8.42. The van der Waals surface area contributed by atoms with Crippen LogP contribution in [0.15, 0.2) is 24.4 Å². The van der Waals surface area contributed by atoms with Crippen LogP contribution in [0.3, 0.4) is 0 Å². The number of amides is 1. The van der Waals surface area contributed by atoms with Gasteiger partial charge in [-0.25, -0.2) is 14.6 Å². The van der Waals surface area contributed by atoms with E-state index in [1.807, 2.05) is 6.92 Å².